The zero-order chi connectivity index (χ0) is 14.7. The Hall–Kier alpha value is -1.11. The Morgan fingerprint density at radius 2 is 2.38 bits per heavy atom. The number of aryl methyl sites for hydroxylation is 1. The van der Waals surface area contributed by atoms with Crippen LogP contribution < -0.4 is 10.6 Å². The molecule has 0 aliphatic carbocycles. The number of ether oxygens (including phenoxy) is 1. The van der Waals surface area contributed by atoms with Crippen molar-refractivity contribution in [3.63, 3.8) is 0 Å². The molecule has 2 fully saturated rings. The number of thiophene rings is 1. The minimum absolute atomic E-state index is 0.117. The first-order valence-electron chi connectivity index (χ1n) is 7.63. The molecule has 0 spiro atoms. The van der Waals surface area contributed by atoms with Crippen molar-refractivity contribution in [2.24, 2.45) is 0 Å². The first-order valence-corrected chi connectivity index (χ1v) is 8.45. The molecule has 0 radical (unpaired) electrons. The highest BCUT2D eigenvalue weighted by atomic mass is 32.1. The van der Waals surface area contributed by atoms with E-state index in [-0.39, 0.29) is 12.1 Å². The van der Waals surface area contributed by atoms with Crippen molar-refractivity contribution in [1.82, 2.24) is 15.5 Å². The molecule has 21 heavy (non-hydrogen) atoms. The van der Waals surface area contributed by atoms with Gasteiger partial charge in [0.15, 0.2) is 0 Å². The van der Waals surface area contributed by atoms with Gasteiger partial charge >= 0.3 is 6.03 Å². The number of hydrogen-bond donors (Lipinski definition) is 2. The third-order valence-electron chi connectivity index (χ3n) is 4.17. The Morgan fingerprint density at radius 3 is 3.19 bits per heavy atom. The summed E-state index contributed by atoms with van der Waals surface area (Å²) in [5, 5.41) is 5.80. The quantitative estimate of drug-likeness (QED) is 0.890. The predicted molar refractivity (Wildman–Crippen MR) is 83.6 cm³/mol. The molecule has 2 amide bonds. The lowest BCUT2D eigenvalue weighted by Crippen LogP contribution is -2.51. The molecule has 0 saturated carbocycles. The summed E-state index contributed by atoms with van der Waals surface area (Å²) in [7, 11) is 0. The van der Waals surface area contributed by atoms with Gasteiger partial charge in [0.05, 0.1) is 19.3 Å². The monoisotopic (exact) mass is 309 g/mol. The SMILES string of the molecule is Cc1ccc(CNC(=O)NC[C@@H]2CN3CCC[C@@H]3CO2)s1. The third kappa shape index (κ3) is 3.96. The van der Waals surface area contributed by atoms with E-state index in [2.05, 4.69) is 34.6 Å². The van der Waals surface area contributed by atoms with Crippen LogP contribution in [-0.4, -0.2) is 49.3 Å². The van der Waals surface area contributed by atoms with E-state index < -0.39 is 0 Å². The van der Waals surface area contributed by atoms with Crippen molar-refractivity contribution in [1.29, 1.82) is 0 Å². The maximum atomic E-state index is 11.8. The summed E-state index contributed by atoms with van der Waals surface area (Å²) in [6.07, 6.45) is 2.64. The van der Waals surface area contributed by atoms with E-state index in [0.29, 0.717) is 19.1 Å². The number of fused-ring (bicyclic) bond motifs is 1. The van der Waals surface area contributed by atoms with Crippen LogP contribution >= 0.6 is 11.3 Å². The molecular formula is C15H23N3O2S. The molecule has 5 nitrogen and oxygen atoms in total. The van der Waals surface area contributed by atoms with Crippen LogP contribution in [0, 0.1) is 6.92 Å². The van der Waals surface area contributed by atoms with Crippen LogP contribution in [0.4, 0.5) is 4.79 Å². The highest BCUT2D eigenvalue weighted by Gasteiger charge is 2.32. The molecule has 2 atom stereocenters. The lowest BCUT2D eigenvalue weighted by atomic mass is 10.2. The lowest BCUT2D eigenvalue weighted by Gasteiger charge is -2.35. The van der Waals surface area contributed by atoms with Gasteiger partial charge in [0.25, 0.3) is 0 Å². The Balaban J connectivity index is 1.36. The molecule has 0 unspecified atom stereocenters. The fourth-order valence-corrected chi connectivity index (χ4v) is 3.86. The molecule has 2 N–H and O–H groups in total. The van der Waals surface area contributed by atoms with Crippen LogP contribution in [0.2, 0.25) is 0 Å². The number of hydrogen-bond acceptors (Lipinski definition) is 4. The average Bonchev–Trinajstić information content (AvgIpc) is 3.10. The zero-order valence-corrected chi connectivity index (χ0v) is 13.2. The van der Waals surface area contributed by atoms with Gasteiger partial charge in [-0.3, -0.25) is 4.90 Å². The van der Waals surface area contributed by atoms with Gasteiger partial charge in [0.1, 0.15) is 0 Å². The van der Waals surface area contributed by atoms with Gasteiger partial charge in [-0.15, -0.1) is 11.3 Å². The molecule has 2 aliphatic rings. The first-order chi connectivity index (χ1) is 10.2. The highest BCUT2D eigenvalue weighted by molar-refractivity contribution is 7.11. The normalized spacial score (nSPS) is 25.6. The number of rotatable bonds is 4. The number of carbonyl (C=O) groups is 1. The van der Waals surface area contributed by atoms with Crippen molar-refractivity contribution >= 4 is 17.4 Å². The van der Waals surface area contributed by atoms with Crippen molar-refractivity contribution in [3.05, 3.63) is 21.9 Å². The van der Waals surface area contributed by atoms with Crippen LogP contribution in [0.5, 0.6) is 0 Å². The van der Waals surface area contributed by atoms with Crippen LogP contribution in [0.15, 0.2) is 12.1 Å². The van der Waals surface area contributed by atoms with E-state index >= 15 is 0 Å². The topological polar surface area (TPSA) is 53.6 Å². The predicted octanol–water partition coefficient (Wildman–Crippen LogP) is 1.72. The zero-order valence-electron chi connectivity index (χ0n) is 12.4. The Morgan fingerprint density at radius 1 is 1.48 bits per heavy atom. The van der Waals surface area contributed by atoms with Crippen LogP contribution in [0.3, 0.4) is 0 Å². The van der Waals surface area contributed by atoms with Gasteiger partial charge in [-0.1, -0.05) is 0 Å². The van der Waals surface area contributed by atoms with E-state index in [0.717, 1.165) is 13.2 Å². The van der Waals surface area contributed by atoms with Gasteiger partial charge in [-0.25, -0.2) is 4.79 Å². The van der Waals surface area contributed by atoms with Crippen molar-refractivity contribution in [2.75, 3.05) is 26.2 Å². The second kappa shape index (κ2) is 6.77. The number of nitrogens with one attached hydrogen (secondary N) is 2. The molecular weight excluding hydrogens is 286 g/mol. The molecule has 6 heteroatoms. The second-order valence-electron chi connectivity index (χ2n) is 5.82. The Kier molecular flexibility index (Phi) is 4.77. The molecule has 2 aliphatic heterocycles. The fourth-order valence-electron chi connectivity index (χ4n) is 3.03. The number of amides is 2. The number of carbonyl (C=O) groups excluding carboxylic acids is 1. The summed E-state index contributed by atoms with van der Waals surface area (Å²) in [6.45, 7) is 6.16. The van der Waals surface area contributed by atoms with E-state index in [4.69, 9.17) is 4.74 Å². The summed E-state index contributed by atoms with van der Waals surface area (Å²) in [6, 6.07) is 4.62. The largest absolute Gasteiger partial charge is 0.373 e. The smallest absolute Gasteiger partial charge is 0.315 e. The van der Waals surface area contributed by atoms with Gasteiger partial charge in [-0.05, 0) is 38.4 Å². The second-order valence-corrected chi connectivity index (χ2v) is 7.19. The molecule has 2 saturated heterocycles. The maximum Gasteiger partial charge on any atom is 0.315 e. The van der Waals surface area contributed by atoms with Gasteiger partial charge in [0, 0.05) is 28.9 Å². The minimum atomic E-state index is -0.117. The lowest BCUT2D eigenvalue weighted by molar-refractivity contribution is -0.0457. The fraction of sp³-hybridized carbons (Fsp3) is 0.667. The van der Waals surface area contributed by atoms with Gasteiger partial charge in [0.2, 0.25) is 0 Å². The summed E-state index contributed by atoms with van der Waals surface area (Å²) < 4.78 is 5.83. The Labute approximate surface area is 129 Å². The molecule has 3 heterocycles. The van der Waals surface area contributed by atoms with Crippen LogP contribution in [-0.2, 0) is 11.3 Å². The van der Waals surface area contributed by atoms with E-state index in [1.165, 1.54) is 29.1 Å². The summed E-state index contributed by atoms with van der Waals surface area (Å²) in [5.41, 5.74) is 0. The van der Waals surface area contributed by atoms with E-state index in [1.807, 2.05) is 0 Å². The first kappa shape index (κ1) is 14.8. The van der Waals surface area contributed by atoms with E-state index in [9.17, 15) is 4.79 Å². The Bertz CT molecular complexity index is 491. The molecule has 1 aromatic heterocycles. The van der Waals surface area contributed by atoms with Crippen molar-refractivity contribution in [3.8, 4) is 0 Å². The highest BCUT2D eigenvalue weighted by Crippen LogP contribution is 2.22. The summed E-state index contributed by atoms with van der Waals surface area (Å²) >= 11 is 1.71. The average molecular weight is 309 g/mol. The van der Waals surface area contributed by atoms with Crippen LogP contribution in [0.25, 0.3) is 0 Å². The summed E-state index contributed by atoms with van der Waals surface area (Å²) in [5.74, 6) is 0. The number of nitrogens with zero attached hydrogens (tertiary/aromatic N) is 1. The number of morpholine rings is 1. The standard InChI is InChI=1S/C15H23N3O2S/c1-11-4-5-14(21-11)8-17-15(19)16-7-13-9-18-6-2-3-12(18)10-20-13/h4-5,12-13H,2-3,6-10H2,1H3,(H2,16,17,19)/t12-,13-/m1/s1. The molecule has 116 valence electrons. The van der Waals surface area contributed by atoms with E-state index in [1.54, 1.807) is 11.3 Å². The van der Waals surface area contributed by atoms with Gasteiger partial charge in [-0.2, -0.15) is 0 Å². The molecule has 1 aromatic rings. The third-order valence-corrected chi connectivity index (χ3v) is 5.17. The molecule has 0 bridgehead atoms. The molecule has 0 aromatic carbocycles. The minimum Gasteiger partial charge on any atom is -0.373 e. The number of urea groups is 1. The van der Waals surface area contributed by atoms with Crippen molar-refractivity contribution < 1.29 is 9.53 Å². The maximum absolute atomic E-state index is 11.8. The van der Waals surface area contributed by atoms with Crippen molar-refractivity contribution in [2.45, 2.75) is 38.5 Å². The summed E-state index contributed by atoms with van der Waals surface area (Å²) in [4.78, 5) is 16.7. The van der Waals surface area contributed by atoms with Gasteiger partial charge < -0.3 is 15.4 Å². The van der Waals surface area contributed by atoms with Crippen LogP contribution in [0.1, 0.15) is 22.6 Å². The molecule has 3 rings (SSSR count).